The Morgan fingerprint density at radius 3 is 2.57 bits per heavy atom. The lowest BCUT2D eigenvalue weighted by molar-refractivity contribution is 0.0600. The molecule has 0 radical (unpaired) electrons. The van der Waals surface area contributed by atoms with Crippen LogP contribution in [0.1, 0.15) is 20.7 Å². The first kappa shape index (κ1) is 15.0. The molecule has 0 saturated heterocycles. The third-order valence-corrected chi connectivity index (χ3v) is 4.08. The first-order valence-electron chi connectivity index (χ1n) is 6.76. The average Bonchev–Trinajstić information content (AvgIpc) is 3.25. The molecule has 0 aliphatic rings. The van der Waals surface area contributed by atoms with Gasteiger partial charge in [0.05, 0.1) is 23.2 Å². The van der Waals surface area contributed by atoms with Crippen molar-refractivity contribution in [3.63, 3.8) is 0 Å². The molecule has 0 aliphatic carbocycles. The van der Waals surface area contributed by atoms with Gasteiger partial charge in [0.15, 0.2) is 5.82 Å². The van der Waals surface area contributed by atoms with Crippen LogP contribution in [0.4, 0.5) is 5.82 Å². The summed E-state index contributed by atoms with van der Waals surface area (Å²) in [6.07, 6.45) is 0. The fourth-order valence-electron chi connectivity index (χ4n) is 2.01. The van der Waals surface area contributed by atoms with Crippen LogP contribution in [-0.2, 0) is 4.74 Å². The highest BCUT2D eigenvalue weighted by molar-refractivity contribution is 7.13. The number of carbonyl (C=O) groups is 2. The van der Waals surface area contributed by atoms with Gasteiger partial charge in [0, 0.05) is 11.6 Å². The van der Waals surface area contributed by atoms with Crippen LogP contribution >= 0.6 is 11.3 Å². The summed E-state index contributed by atoms with van der Waals surface area (Å²) in [5.74, 6) is -0.300. The molecule has 1 aromatic carbocycles. The predicted octanol–water partition coefficient (Wildman–Crippen LogP) is 3.18. The molecule has 2 aromatic heterocycles. The normalized spacial score (nSPS) is 10.3. The quantitative estimate of drug-likeness (QED) is 0.721. The summed E-state index contributed by atoms with van der Waals surface area (Å²) in [7, 11) is 1.31. The maximum Gasteiger partial charge on any atom is 0.337 e. The van der Waals surface area contributed by atoms with Crippen molar-refractivity contribution in [2.45, 2.75) is 0 Å². The van der Waals surface area contributed by atoms with Crippen LogP contribution in [-0.4, -0.2) is 29.2 Å². The number of aromatic nitrogens is 2. The Balaban J connectivity index is 1.71. The third-order valence-electron chi connectivity index (χ3n) is 3.17. The van der Waals surface area contributed by atoms with Crippen LogP contribution in [0.15, 0.2) is 47.8 Å². The van der Waals surface area contributed by atoms with E-state index in [1.807, 2.05) is 17.5 Å². The molecule has 6 nitrogen and oxygen atoms in total. The number of H-pyrrole nitrogens is 1. The lowest BCUT2D eigenvalue weighted by atomic mass is 10.1. The summed E-state index contributed by atoms with van der Waals surface area (Å²) >= 11 is 1.58. The molecule has 2 heterocycles. The van der Waals surface area contributed by atoms with Gasteiger partial charge in [-0.15, -0.1) is 11.3 Å². The topological polar surface area (TPSA) is 84.1 Å². The Bertz CT molecular complexity index is 823. The number of carbonyl (C=O) groups excluding carboxylic acids is 2. The van der Waals surface area contributed by atoms with Crippen LogP contribution in [0.5, 0.6) is 0 Å². The Labute approximate surface area is 136 Å². The maximum absolute atomic E-state index is 12.2. The predicted molar refractivity (Wildman–Crippen MR) is 87.6 cm³/mol. The number of amides is 1. The second-order valence-electron chi connectivity index (χ2n) is 4.67. The standard InChI is InChI=1S/C16H13N3O3S/c1-22-16(21)11-6-4-10(5-7-11)15(20)17-14-9-12(18-19-14)13-3-2-8-23-13/h2-9H,1H3,(H2,17,18,19,20). The molecular formula is C16H13N3O3S. The molecule has 0 saturated carbocycles. The molecule has 116 valence electrons. The number of benzene rings is 1. The molecule has 0 atom stereocenters. The molecule has 0 bridgehead atoms. The zero-order valence-corrected chi connectivity index (χ0v) is 13.0. The van der Waals surface area contributed by atoms with Gasteiger partial charge >= 0.3 is 5.97 Å². The van der Waals surface area contributed by atoms with Gasteiger partial charge in [0.2, 0.25) is 0 Å². The Morgan fingerprint density at radius 1 is 1.17 bits per heavy atom. The molecule has 0 spiro atoms. The summed E-state index contributed by atoms with van der Waals surface area (Å²) in [6, 6.07) is 11.9. The Hall–Kier alpha value is -2.93. The zero-order chi connectivity index (χ0) is 16.2. The number of esters is 1. The number of hydrogen-bond donors (Lipinski definition) is 2. The molecule has 0 aliphatic heterocycles. The van der Waals surface area contributed by atoms with E-state index in [-0.39, 0.29) is 5.91 Å². The molecule has 1 amide bonds. The number of ether oxygens (including phenoxy) is 1. The third kappa shape index (κ3) is 3.29. The molecule has 3 rings (SSSR count). The summed E-state index contributed by atoms with van der Waals surface area (Å²) in [6.45, 7) is 0. The van der Waals surface area contributed by atoms with Gasteiger partial charge in [-0.3, -0.25) is 9.89 Å². The van der Waals surface area contributed by atoms with E-state index in [0.717, 1.165) is 10.6 Å². The molecule has 0 unspecified atom stereocenters. The van der Waals surface area contributed by atoms with E-state index in [0.29, 0.717) is 16.9 Å². The van der Waals surface area contributed by atoms with Crippen LogP contribution in [0, 0.1) is 0 Å². The van der Waals surface area contributed by atoms with E-state index >= 15 is 0 Å². The number of methoxy groups -OCH3 is 1. The van der Waals surface area contributed by atoms with Gasteiger partial charge in [-0.05, 0) is 35.7 Å². The number of anilines is 1. The first-order valence-corrected chi connectivity index (χ1v) is 7.64. The van der Waals surface area contributed by atoms with E-state index in [2.05, 4.69) is 20.3 Å². The minimum absolute atomic E-state index is 0.300. The fraction of sp³-hybridized carbons (Fsp3) is 0.0625. The second kappa shape index (κ2) is 6.45. The van der Waals surface area contributed by atoms with Crippen LogP contribution in [0.2, 0.25) is 0 Å². The molecular weight excluding hydrogens is 314 g/mol. The van der Waals surface area contributed by atoms with Crippen molar-refractivity contribution in [3.05, 3.63) is 59.0 Å². The van der Waals surface area contributed by atoms with Crippen LogP contribution in [0.25, 0.3) is 10.6 Å². The molecule has 23 heavy (non-hydrogen) atoms. The number of hydrogen-bond acceptors (Lipinski definition) is 5. The molecule has 7 heteroatoms. The summed E-state index contributed by atoms with van der Waals surface area (Å²) in [4.78, 5) is 24.6. The molecule has 0 fully saturated rings. The van der Waals surface area contributed by atoms with Crippen molar-refractivity contribution < 1.29 is 14.3 Å². The van der Waals surface area contributed by atoms with Crippen molar-refractivity contribution in [2.75, 3.05) is 12.4 Å². The lowest BCUT2D eigenvalue weighted by Crippen LogP contribution is -2.12. The molecule has 2 N–H and O–H groups in total. The van der Waals surface area contributed by atoms with Crippen LogP contribution in [0.3, 0.4) is 0 Å². The number of nitrogens with one attached hydrogen (secondary N) is 2. The fourth-order valence-corrected chi connectivity index (χ4v) is 2.70. The Morgan fingerprint density at radius 2 is 1.91 bits per heavy atom. The second-order valence-corrected chi connectivity index (χ2v) is 5.61. The zero-order valence-electron chi connectivity index (χ0n) is 12.2. The highest BCUT2D eigenvalue weighted by Gasteiger charge is 2.11. The first-order chi connectivity index (χ1) is 11.2. The monoisotopic (exact) mass is 327 g/mol. The maximum atomic E-state index is 12.2. The largest absolute Gasteiger partial charge is 0.465 e. The van der Waals surface area contributed by atoms with Gasteiger partial charge in [-0.1, -0.05) is 6.07 Å². The van der Waals surface area contributed by atoms with Gasteiger partial charge in [-0.25, -0.2) is 4.79 Å². The highest BCUT2D eigenvalue weighted by atomic mass is 32.1. The van der Waals surface area contributed by atoms with E-state index in [1.165, 1.54) is 7.11 Å². The Kier molecular flexibility index (Phi) is 4.20. The van der Waals surface area contributed by atoms with E-state index in [1.54, 1.807) is 41.7 Å². The molecule has 3 aromatic rings. The lowest BCUT2D eigenvalue weighted by Gasteiger charge is -2.03. The van der Waals surface area contributed by atoms with Crippen LogP contribution < -0.4 is 5.32 Å². The minimum atomic E-state index is -0.440. The number of nitrogens with zero attached hydrogens (tertiary/aromatic N) is 1. The van der Waals surface area contributed by atoms with E-state index in [9.17, 15) is 9.59 Å². The van der Waals surface area contributed by atoms with Crippen molar-refractivity contribution in [1.82, 2.24) is 10.2 Å². The van der Waals surface area contributed by atoms with Crippen molar-refractivity contribution in [1.29, 1.82) is 0 Å². The summed E-state index contributed by atoms with van der Waals surface area (Å²) in [5, 5.41) is 11.6. The van der Waals surface area contributed by atoms with Gasteiger partial charge in [0.1, 0.15) is 0 Å². The SMILES string of the molecule is COC(=O)c1ccc(C(=O)Nc2cc(-c3cccs3)[nH]n2)cc1. The van der Waals surface area contributed by atoms with E-state index < -0.39 is 5.97 Å². The van der Waals surface area contributed by atoms with Gasteiger partial charge in [-0.2, -0.15) is 5.10 Å². The average molecular weight is 327 g/mol. The van der Waals surface area contributed by atoms with Crippen molar-refractivity contribution in [2.24, 2.45) is 0 Å². The number of rotatable bonds is 4. The van der Waals surface area contributed by atoms with Gasteiger partial charge < -0.3 is 10.1 Å². The van der Waals surface area contributed by atoms with E-state index in [4.69, 9.17) is 0 Å². The number of thiophene rings is 1. The smallest absolute Gasteiger partial charge is 0.337 e. The summed E-state index contributed by atoms with van der Waals surface area (Å²) < 4.78 is 4.62. The highest BCUT2D eigenvalue weighted by Crippen LogP contribution is 2.24. The summed E-state index contributed by atoms with van der Waals surface area (Å²) in [5.41, 5.74) is 1.67. The van der Waals surface area contributed by atoms with Crippen molar-refractivity contribution in [3.8, 4) is 10.6 Å². The van der Waals surface area contributed by atoms with Crippen molar-refractivity contribution >= 4 is 29.0 Å². The number of aromatic amines is 1. The van der Waals surface area contributed by atoms with Gasteiger partial charge in [0.25, 0.3) is 5.91 Å². The minimum Gasteiger partial charge on any atom is -0.465 e.